The van der Waals surface area contributed by atoms with Gasteiger partial charge in [-0.1, -0.05) is 41.9 Å². The highest BCUT2D eigenvalue weighted by atomic mass is 35.5. The summed E-state index contributed by atoms with van der Waals surface area (Å²) in [7, 11) is 0. The summed E-state index contributed by atoms with van der Waals surface area (Å²) in [6.45, 7) is 0.751. The first kappa shape index (κ1) is 18.8. The van der Waals surface area contributed by atoms with Gasteiger partial charge in [0.2, 0.25) is 0 Å². The minimum absolute atomic E-state index is 0.0901. The zero-order valence-electron chi connectivity index (χ0n) is 14.5. The van der Waals surface area contributed by atoms with Crippen molar-refractivity contribution in [1.29, 1.82) is 0 Å². The second-order valence-electron chi connectivity index (χ2n) is 5.88. The molecular formula is C20H18ClFN4O. The van der Waals surface area contributed by atoms with Crippen LogP contribution < -0.4 is 10.6 Å². The molecule has 0 saturated carbocycles. The average Bonchev–Trinajstić information content (AvgIpc) is 2.68. The van der Waals surface area contributed by atoms with Crippen LogP contribution in [-0.4, -0.2) is 22.6 Å². The number of benzene rings is 2. The number of nitrogens with one attached hydrogen (secondary N) is 2. The maximum absolute atomic E-state index is 13.6. The Morgan fingerprint density at radius 1 is 1.04 bits per heavy atom. The van der Waals surface area contributed by atoms with Crippen molar-refractivity contribution in [2.75, 3.05) is 11.9 Å². The Hall–Kier alpha value is -2.99. The molecular weight excluding hydrogens is 367 g/mol. The molecule has 7 heteroatoms. The van der Waals surface area contributed by atoms with Crippen molar-refractivity contribution in [2.45, 2.75) is 13.0 Å². The predicted molar refractivity (Wildman–Crippen MR) is 103 cm³/mol. The molecule has 3 aromatic rings. The van der Waals surface area contributed by atoms with E-state index in [1.165, 1.54) is 6.07 Å². The SMILES string of the molecule is O=C(NCc1ccccc1F)c1ccc(NCCc2cccc(Cl)c2)nn1. The van der Waals surface area contributed by atoms with Crippen LogP contribution in [0, 0.1) is 5.82 Å². The fraction of sp³-hybridized carbons (Fsp3) is 0.150. The van der Waals surface area contributed by atoms with Crippen molar-refractivity contribution in [2.24, 2.45) is 0 Å². The van der Waals surface area contributed by atoms with Gasteiger partial charge >= 0.3 is 0 Å². The smallest absolute Gasteiger partial charge is 0.272 e. The van der Waals surface area contributed by atoms with Crippen molar-refractivity contribution < 1.29 is 9.18 Å². The van der Waals surface area contributed by atoms with E-state index in [9.17, 15) is 9.18 Å². The van der Waals surface area contributed by atoms with Crippen LogP contribution in [0.1, 0.15) is 21.6 Å². The first-order chi connectivity index (χ1) is 13.1. The number of carbonyl (C=O) groups is 1. The summed E-state index contributed by atoms with van der Waals surface area (Å²) in [5, 5.41) is 14.4. The third-order valence-corrected chi connectivity index (χ3v) is 4.14. The largest absolute Gasteiger partial charge is 0.368 e. The second kappa shape index (κ2) is 9.09. The third-order valence-electron chi connectivity index (χ3n) is 3.90. The first-order valence-electron chi connectivity index (χ1n) is 8.45. The minimum Gasteiger partial charge on any atom is -0.368 e. The number of amides is 1. The van der Waals surface area contributed by atoms with E-state index in [0.717, 1.165) is 12.0 Å². The molecule has 0 spiro atoms. The second-order valence-corrected chi connectivity index (χ2v) is 6.32. The molecule has 138 valence electrons. The summed E-state index contributed by atoms with van der Waals surface area (Å²) in [6.07, 6.45) is 0.785. The van der Waals surface area contributed by atoms with Crippen molar-refractivity contribution in [3.63, 3.8) is 0 Å². The van der Waals surface area contributed by atoms with Gasteiger partial charge < -0.3 is 10.6 Å². The molecule has 0 atom stereocenters. The number of nitrogens with zero attached hydrogens (tertiary/aromatic N) is 2. The molecule has 5 nitrogen and oxygen atoms in total. The number of carbonyl (C=O) groups excluding carboxylic acids is 1. The van der Waals surface area contributed by atoms with Crippen LogP contribution in [0.4, 0.5) is 10.2 Å². The number of hydrogen-bond acceptors (Lipinski definition) is 4. The normalized spacial score (nSPS) is 10.4. The number of hydrogen-bond donors (Lipinski definition) is 2. The van der Waals surface area contributed by atoms with Gasteiger partial charge in [-0.15, -0.1) is 10.2 Å². The topological polar surface area (TPSA) is 66.9 Å². The van der Waals surface area contributed by atoms with Crippen LogP contribution in [0.25, 0.3) is 0 Å². The van der Waals surface area contributed by atoms with E-state index in [2.05, 4.69) is 20.8 Å². The van der Waals surface area contributed by atoms with Gasteiger partial charge in [0.15, 0.2) is 5.69 Å². The van der Waals surface area contributed by atoms with Crippen LogP contribution in [0.15, 0.2) is 60.7 Å². The van der Waals surface area contributed by atoms with Gasteiger partial charge in [0.1, 0.15) is 11.6 Å². The van der Waals surface area contributed by atoms with Crippen molar-refractivity contribution in [1.82, 2.24) is 15.5 Å². The van der Waals surface area contributed by atoms with E-state index in [1.54, 1.807) is 30.3 Å². The van der Waals surface area contributed by atoms with E-state index < -0.39 is 5.91 Å². The molecule has 0 radical (unpaired) electrons. The predicted octanol–water partition coefficient (Wildman–Crippen LogP) is 3.85. The summed E-state index contributed by atoms with van der Waals surface area (Å²) < 4.78 is 13.6. The van der Waals surface area contributed by atoms with Crippen LogP contribution in [0.2, 0.25) is 5.02 Å². The summed E-state index contributed by atoms with van der Waals surface area (Å²) in [4.78, 5) is 12.1. The van der Waals surface area contributed by atoms with E-state index in [4.69, 9.17) is 11.6 Å². The van der Waals surface area contributed by atoms with Gasteiger partial charge in [0.25, 0.3) is 5.91 Å². The molecule has 1 aromatic heterocycles. The zero-order valence-corrected chi connectivity index (χ0v) is 15.2. The van der Waals surface area contributed by atoms with Crippen molar-refractivity contribution in [3.8, 4) is 0 Å². The van der Waals surface area contributed by atoms with Crippen LogP contribution in [-0.2, 0) is 13.0 Å². The average molecular weight is 385 g/mol. The molecule has 0 fully saturated rings. The van der Waals surface area contributed by atoms with Gasteiger partial charge in [-0.3, -0.25) is 4.79 Å². The molecule has 3 rings (SSSR count). The molecule has 2 N–H and O–H groups in total. The Balaban J connectivity index is 1.49. The monoisotopic (exact) mass is 384 g/mol. The molecule has 0 saturated heterocycles. The quantitative estimate of drug-likeness (QED) is 0.649. The number of rotatable bonds is 7. The molecule has 0 aliphatic heterocycles. The van der Waals surface area contributed by atoms with E-state index >= 15 is 0 Å². The molecule has 1 amide bonds. The highest BCUT2D eigenvalue weighted by Gasteiger charge is 2.09. The van der Waals surface area contributed by atoms with Gasteiger partial charge in [-0.25, -0.2) is 4.39 Å². The Kier molecular flexibility index (Phi) is 6.33. The van der Waals surface area contributed by atoms with Crippen molar-refractivity contribution in [3.05, 3.63) is 88.3 Å². The zero-order chi connectivity index (χ0) is 19.1. The van der Waals surface area contributed by atoms with Crippen LogP contribution in [0.5, 0.6) is 0 Å². The highest BCUT2D eigenvalue weighted by Crippen LogP contribution is 2.11. The summed E-state index contributed by atoms with van der Waals surface area (Å²) >= 11 is 5.96. The Bertz CT molecular complexity index is 918. The van der Waals surface area contributed by atoms with E-state index in [0.29, 0.717) is 22.9 Å². The molecule has 0 aliphatic carbocycles. The fourth-order valence-electron chi connectivity index (χ4n) is 2.48. The van der Waals surface area contributed by atoms with E-state index in [1.807, 2.05) is 24.3 Å². The summed E-state index contributed by atoms with van der Waals surface area (Å²) in [5.74, 6) is -0.193. The fourth-order valence-corrected chi connectivity index (χ4v) is 2.70. The molecule has 2 aromatic carbocycles. The van der Waals surface area contributed by atoms with Gasteiger partial charge in [-0.2, -0.15) is 0 Å². The standard InChI is InChI=1S/C20H18ClFN4O/c21-16-6-3-4-14(12-16)10-11-23-19-9-8-18(25-26-19)20(27)24-13-15-5-1-2-7-17(15)22/h1-9,12H,10-11,13H2,(H,23,26)(H,24,27). The molecule has 1 heterocycles. The Morgan fingerprint density at radius 2 is 1.89 bits per heavy atom. The first-order valence-corrected chi connectivity index (χ1v) is 8.83. The van der Waals surface area contributed by atoms with Gasteiger partial charge in [-0.05, 0) is 42.3 Å². The van der Waals surface area contributed by atoms with Gasteiger partial charge in [0.05, 0.1) is 0 Å². The highest BCUT2D eigenvalue weighted by molar-refractivity contribution is 6.30. The lowest BCUT2D eigenvalue weighted by molar-refractivity contribution is 0.0944. The Morgan fingerprint density at radius 3 is 2.63 bits per heavy atom. The molecule has 0 bridgehead atoms. The molecule has 0 unspecified atom stereocenters. The van der Waals surface area contributed by atoms with E-state index in [-0.39, 0.29) is 18.1 Å². The summed E-state index contributed by atoms with van der Waals surface area (Å²) in [6, 6.07) is 17.2. The maximum atomic E-state index is 13.6. The van der Waals surface area contributed by atoms with Crippen LogP contribution in [0.3, 0.4) is 0 Å². The van der Waals surface area contributed by atoms with Gasteiger partial charge in [0, 0.05) is 23.7 Å². The van der Waals surface area contributed by atoms with Crippen molar-refractivity contribution >= 4 is 23.3 Å². The molecule has 0 aliphatic rings. The Labute approximate surface area is 161 Å². The maximum Gasteiger partial charge on any atom is 0.272 e. The summed E-state index contributed by atoms with van der Waals surface area (Å²) in [5.41, 5.74) is 1.71. The number of anilines is 1. The number of aromatic nitrogens is 2. The third kappa shape index (κ3) is 5.49. The lowest BCUT2D eigenvalue weighted by Gasteiger charge is -2.07. The number of halogens is 2. The lowest BCUT2D eigenvalue weighted by atomic mass is 10.1. The lowest BCUT2D eigenvalue weighted by Crippen LogP contribution is -2.24. The van der Waals surface area contributed by atoms with Crippen LogP contribution >= 0.6 is 11.6 Å². The minimum atomic E-state index is -0.406. The molecule has 27 heavy (non-hydrogen) atoms.